The lowest BCUT2D eigenvalue weighted by molar-refractivity contribution is -0.120. The average Bonchev–Trinajstić information content (AvgIpc) is 3.38. The van der Waals surface area contributed by atoms with Gasteiger partial charge in [-0.25, -0.2) is 4.39 Å². The first-order valence-corrected chi connectivity index (χ1v) is 11.5. The number of H-pyrrole nitrogens is 1. The number of nitrogens with one attached hydrogen (secondary N) is 3. The molecule has 1 aromatic carbocycles. The van der Waals surface area contributed by atoms with Gasteiger partial charge >= 0.3 is 0 Å². The fraction of sp³-hybridized carbons (Fsp3) is 0.222. The minimum atomic E-state index is -3.88. The maximum atomic E-state index is 13.4. The molecule has 3 heterocycles. The van der Waals surface area contributed by atoms with Crippen molar-refractivity contribution in [1.82, 2.24) is 19.2 Å². The summed E-state index contributed by atoms with van der Waals surface area (Å²) in [5, 5.41) is 9.14. The third-order valence-electron chi connectivity index (χ3n) is 4.81. The van der Waals surface area contributed by atoms with Crippen LogP contribution in [0.25, 0.3) is 10.4 Å². The van der Waals surface area contributed by atoms with Crippen molar-refractivity contribution in [3.63, 3.8) is 0 Å². The van der Waals surface area contributed by atoms with Crippen LogP contribution in [0.15, 0.2) is 42.7 Å². The highest BCUT2D eigenvalue weighted by Gasteiger charge is 2.41. The summed E-state index contributed by atoms with van der Waals surface area (Å²) >= 11 is 7.18. The molecular formula is C18H17ClFN5O3S2. The van der Waals surface area contributed by atoms with E-state index < -0.39 is 34.0 Å². The van der Waals surface area contributed by atoms with E-state index in [0.29, 0.717) is 0 Å². The van der Waals surface area contributed by atoms with Crippen LogP contribution in [0.4, 0.5) is 10.1 Å². The van der Waals surface area contributed by atoms with Gasteiger partial charge in [0.1, 0.15) is 11.9 Å². The average molecular weight is 470 g/mol. The van der Waals surface area contributed by atoms with Gasteiger partial charge in [0.05, 0.1) is 17.3 Å². The molecule has 1 aliphatic rings. The van der Waals surface area contributed by atoms with Crippen molar-refractivity contribution in [3.8, 4) is 10.4 Å². The first kappa shape index (κ1) is 20.9. The Labute approximate surface area is 181 Å². The Hall–Kier alpha value is -2.31. The molecule has 0 bridgehead atoms. The minimum absolute atomic E-state index is 0.137. The van der Waals surface area contributed by atoms with E-state index in [2.05, 4.69) is 20.2 Å². The molecule has 2 atom stereocenters. The normalized spacial score (nSPS) is 21.4. The Morgan fingerprint density at radius 1 is 1.37 bits per heavy atom. The lowest BCUT2D eigenvalue weighted by Crippen LogP contribution is -2.55. The summed E-state index contributed by atoms with van der Waals surface area (Å²) in [6, 6.07) is 5.97. The van der Waals surface area contributed by atoms with Gasteiger partial charge in [-0.15, -0.1) is 11.3 Å². The zero-order valence-electron chi connectivity index (χ0n) is 15.6. The molecule has 1 amide bonds. The number of thiophene rings is 1. The van der Waals surface area contributed by atoms with Crippen LogP contribution in [-0.4, -0.2) is 41.9 Å². The zero-order valence-corrected chi connectivity index (χ0v) is 18.0. The van der Waals surface area contributed by atoms with Crippen LogP contribution >= 0.6 is 22.9 Å². The number of hydrogen-bond acceptors (Lipinski definition) is 5. The van der Waals surface area contributed by atoms with Crippen LogP contribution in [0.1, 0.15) is 17.3 Å². The topological polar surface area (TPSA) is 107 Å². The van der Waals surface area contributed by atoms with Gasteiger partial charge in [-0.1, -0.05) is 11.6 Å². The van der Waals surface area contributed by atoms with Crippen LogP contribution in [0.5, 0.6) is 0 Å². The summed E-state index contributed by atoms with van der Waals surface area (Å²) in [6.45, 7) is 0. The minimum Gasteiger partial charge on any atom is -0.325 e. The molecule has 30 heavy (non-hydrogen) atoms. The van der Waals surface area contributed by atoms with E-state index in [1.165, 1.54) is 30.5 Å². The lowest BCUT2D eigenvalue weighted by atomic mass is 10.1. The quantitative estimate of drug-likeness (QED) is 0.545. The fourth-order valence-electron chi connectivity index (χ4n) is 3.18. The van der Waals surface area contributed by atoms with Crippen molar-refractivity contribution in [2.24, 2.45) is 0 Å². The molecule has 12 heteroatoms. The van der Waals surface area contributed by atoms with Gasteiger partial charge in [-0.2, -0.15) is 22.5 Å². The van der Waals surface area contributed by atoms with Gasteiger partial charge in [0.25, 0.3) is 10.2 Å². The Bertz CT molecular complexity index is 1180. The first-order chi connectivity index (χ1) is 14.2. The number of benzene rings is 1. The summed E-state index contributed by atoms with van der Waals surface area (Å²) in [4.78, 5) is 14.6. The highest BCUT2D eigenvalue weighted by atomic mass is 35.5. The standard InChI is InChI=1S/C18H17ClFN5O3S2/c1-25-15(18(26)23-11-2-3-13(20)12(19)6-11)7-14(24-30(25,27)28)17-5-4-16(29-17)10-8-21-22-9-10/h2-6,8-9,14-15,24H,7H2,1H3,(H,21,22)(H,23,26)/t14-,15+/m1/s1. The Morgan fingerprint density at radius 3 is 2.87 bits per heavy atom. The smallest absolute Gasteiger partial charge is 0.280 e. The first-order valence-electron chi connectivity index (χ1n) is 8.84. The van der Waals surface area contributed by atoms with E-state index in [0.717, 1.165) is 25.7 Å². The summed E-state index contributed by atoms with van der Waals surface area (Å²) in [5.41, 5.74) is 1.18. The summed E-state index contributed by atoms with van der Waals surface area (Å²) in [7, 11) is -2.54. The third kappa shape index (κ3) is 4.12. The van der Waals surface area contributed by atoms with Gasteiger partial charge in [0.15, 0.2) is 0 Å². The molecule has 2 aromatic heterocycles. The number of aromatic nitrogens is 2. The van der Waals surface area contributed by atoms with E-state index in [1.807, 2.05) is 12.1 Å². The second kappa shape index (κ2) is 8.08. The molecule has 158 valence electrons. The fourth-order valence-corrected chi connectivity index (χ4v) is 5.75. The van der Waals surface area contributed by atoms with Crippen LogP contribution < -0.4 is 10.0 Å². The number of carbonyl (C=O) groups is 1. The Morgan fingerprint density at radius 2 is 2.17 bits per heavy atom. The molecule has 1 saturated heterocycles. The number of nitrogens with zero attached hydrogens (tertiary/aromatic N) is 2. The molecule has 4 rings (SSSR count). The Balaban J connectivity index is 1.57. The van der Waals surface area contributed by atoms with Crippen molar-refractivity contribution < 1.29 is 17.6 Å². The number of halogens is 2. The second-order valence-corrected chi connectivity index (χ2v) is 10.0. The molecular weight excluding hydrogens is 453 g/mol. The summed E-state index contributed by atoms with van der Waals surface area (Å²) < 4.78 is 42.2. The number of rotatable bonds is 4. The number of anilines is 1. The van der Waals surface area contributed by atoms with Crippen molar-refractivity contribution in [3.05, 3.63) is 58.4 Å². The Kier molecular flexibility index (Phi) is 5.64. The molecule has 0 spiro atoms. The van der Waals surface area contributed by atoms with Crippen molar-refractivity contribution in [1.29, 1.82) is 0 Å². The van der Waals surface area contributed by atoms with E-state index in [9.17, 15) is 17.6 Å². The van der Waals surface area contributed by atoms with Gasteiger partial charge in [-0.05, 0) is 36.8 Å². The summed E-state index contributed by atoms with van der Waals surface area (Å²) in [5.74, 6) is -1.13. The zero-order chi connectivity index (χ0) is 21.5. The van der Waals surface area contributed by atoms with Crippen LogP contribution in [0.2, 0.25) is 5.02 Å². The van der Waals surface area contributed by atoms with Crippen LogP contribution in [0.3, 0.4) is 0 Å². The lowest BCUT2D eigenvalue weighted by Gasteiger charge is -2.35. The maximum absolute atomic E-state index is 13.4. The maximum Gasteiger partial charge on any atom is 0.280 e. The molecule has 3 aromatic rings. The molecule has 0 unspecified atom stereocenters. The van der Waals surface area contributed by atoms with Gasteiger partial charge in [-0.3, -0.25) is 9.89 Å². The highest BCUT2D eigenvalue weighted by molar-refractivity contribution is 7.87. The van der Waals surface area contributed by atoms with E-state index >= 15 is 0 Å². The van der Waals surface area contributed by atoms with Gasteiger partial charge < -0.3 is 5.32 Å². The van der Waals surface area contributed by atoms with Gasteiger partial charge in [0.2, 0.25) is 5.91 Å². The molecule has 1 aliphatic heterocycles. The van der Waals surface area contributed by atoms with Crippen LogP contribution in [-0.2, 0) is 15.0 Å². The van der Waals surface area contributed by atoms with Crippen molar-refractivity contribution >= 4 is 44.7 Å². The second-order valence-electron chi connectivity index (χ2n) is 6.75. The highest BCUT2D eigenvalue weighted by Crippen LogP contribution is 2.36. The van der Waals surface area contributed by atoms with Crippen molar-refractivity contribution in [2.75, 3.05) is 12.4 Å². The monoisotopic (exact) mass is 469 g/mol. The number of aromatic amines is 1. The van der Waals surface area contributed by atoms with Crippen molar-refractivity contribution in [2.45, 2.75) is 18.5 Å². The number of likely N-dealkylation sites (N-methyl/N-ethyl adjacent to an activating group) is 1. The predicted octanol–water partition coefficient (Wildman–Crippen LogP) is 3.15. The molecule has 3 N–H and O–H groups in total. The third-order valence-corrected chi connectivity index (χ3v) is 7.94. The van der Waals surface area contributed by atoms with E-state index in [4.69, 9.17) is 11.6 Å². The molecule has 0 saturated carbocycles. The van der Waals surface area contributed by atoms with E-state index in [1.54, 1.807) is 12.4 Å². The number of hydrogen-bond donors (Lipinski definition) is 3. The summed E-state index contributed by atoms with van der Waals surface area (Å²) in [6.07, 6.45) is 3.65. The molecule has 8 nitrogen and oxygen atoms in total. The predicted molar refractivity (Wildman–Crippen MR) is 113 cm³/mol. The van der Waals surface area contributed by atoms with Gasteiger partial charge in [0, 0.05) is 34.2 Å². The number of carbonyl (C=O) groups excluding carboxylic acids is 1. The molecule has 0 aliphatic carbocycles. The number of amides is 1. The van der Waals surface area contributed by atoms with Crippen LogP contribution in [0, 0.1) is 5.82 Å². The largest absolute Gasteiger partial charge is 0.325 e. The van der Waals surface area contributed by atoms with E-state index in [-0.39, 0.29) is 17.1 Å². The molecule has 1 fully saturated rings. The SMILES string of the molecule is CN1[C@H](C(=O)Nc2ccc(F)c(Cl)c2)C[C@H](c2ccc(-c3cn[nH]c3)s2)NS1(=O)=O. The molecule has 0 radical (unpaired) electrons.